The molecule has 0 bridgehead atoms. The normalized spacial score (nSPS) is 18.2. The number of amides is 2. The number of guanidine groups is 1. The summed E-state index contributed by atoms with van der Waals surface area (Å²) in [5.74, 6) is 1.20. The Bertz CT molecular complexity index is 711. The van der Waals surface area contributed by atoms with E-state index in [4.69, 9.17) is 0 Å². The largest absolute Gasteiger partial charge is 0.357 e. The van der Waals surface area contributed by atoms with Crippen LogP contribution in [0.15, 0.2) is 17.4 Å². The number of hydrogen-bond donors (Lipinski definition) is 2. The van der Waals surface area contributed by atoms with E-state index < -0.39 is 0 Å². The van der Waals surface area contributed by atoms with Gasteiger partial charge in [0.15, 0.2) is 5.96 Å². The number of aromatic nitrogens is 2. The summed E-state index contributed by atoms with van der Waals surface area (Å²) in [6.07, 6.45) is 7.56. The Morgan fingerprint density at radius 3 is 2.75 bits per heavy atom. The van der Waals surface area contributed by atoms with Crippen LogP contribution in [0.25, 0.3) is 0 Å². The number of carbonyl (C=O) groups is 2. The first-order valence-electron chi connectivity index (χ1n) is 10.2. The highest BCUT2D eigenvalue weighted by Gasteiger charge is 2.27. The lowest BCUT2D eigenvalue weighted by Gasteiger charge is -2.35. The van der Waals surface area contributed by atoms with E-state index in [9.17, 15) is 9.59 Å². The van der Waals surface area contributed by atoms with E-state index in [0.717, 1.165) is 37.5 Å². The molecule has 0 spiro atoms. The number of nitrogens with one attached hydrogen (secondary N) is 2. The second-order valence-electron chi connectivity index (χ2n) is 7.35. The summed E-state index contributed by atoms with van der Waals surface area (Å²) in [6, 6.07) is 0. The van der Waals surface area contributed by atoms with Gasteiger partial charge < -0.3 is 20.4 Å². The van der Waals surface area contributed by atoms with E-state index in [1.165, 1.54) is 6.42 Å². The minimum Gasteiger partial charge on any atom is -0.357 e. The van der Waals surface area contributed by atoms with Gasteiger partial charge in [-0.05, 0) is 26.2 Å². The van der Waals surface area contributed by atoms with Crippen molar-refractivity contribution in [2.24, 2.45) is 18.0 Å². The highest BCUT2D eigenvalue weighted by molar-refractivity contribution is 5.98. The Balaban J connectivity index is 1.47. The average Bonchev–Trinajstić information content (AvgIpc) is 3.05. The summed E-state index contributed by atoms with van der Waals surface area (Å²) < 4.78 is 1.70. The molecule has 3 rings (SSSR count). The molecule has 0 unspecified atom stereocenters. The Kier molecular flexibility index (Phi) is 6.89. The third kappa shape index (κ3) is 5.02. The van der Waals surface area contributed by atoms with Crippen molar-refractivity contribution in [3.63, 3.8) is 0 Å². The maximum absolute atomic E-state index is 12.6. The van der Waals surface area contributed by atoms with Crippen LogP contribution in [0.3, 0.4) is 0 Å². The molecule has 2 amide bonds. The van der Waals surface area contributed by atoms with Gasteiger partial charge in [0.2, 0.25) is 11.8 Å². The molecule has 1 aromatic heterocycles. The van der Waals surface area contributed by atoms with Crippen molar-refractivity contribution < 1.29 is 9.59 Å². The van der Waals surface area contributed by atoms with E-state index >= 15 is 0 Å². The van der Waals surface area contributed by atoms with Gasteiger partial charge in [0.25, 0.3) is 0 Å². The number of aliphatic imine (C=N–C) groups is 1. The van der Waals surface area contributed by atoms with Crippen molar-refractivity contribution >= 4 is 23.5 Å². The molecule has 0 aromatic carbocycles. The molecule has 0 atom stereocenters. The first-order chi connectivity index (χ1) is 13.6. The fraction of sp³-hybridized carbons (Fsp3) is 0.684. The zero-order valence-electron chi connectivity index (χ0n) is 16.9. The van der Waals surface area contributed by atoms with Gasteiger partial charge >= 0.3 is 0 Å². The van der Waals surface area contributed by atoms with Crippen molar-refractivity contribution in [3.8, 4) is 0 Å². The molecule has 9 nitrogen and oxygen atoms in total. The predicted octanol–water partition coefficient (Wildman–Crippen LogP) is 0.341. The summed E-state index contributed by atoms with van der Waals surface area (Å²) >= 11 is 0. The molecule has 2 fully saturated rings. The van der Waals surface area contributed by atoms with Gasteiger partial charge in [-0.2, -0.15) is 5.10 Å². The van der Waals surface area contributed by atoms with Crippen LogP contribution >= 0.6 is 0 Å². The smallest absolute Gasteiger partial charge is 0.246 e. The molecule has 2 N–H and O–H groups in total. The molecule has 2 aliphatic rings. The topological polar surface area (TPSA) is 94.9 Å². The standard InChI is InChI=1S/C19H31N7O2/c1-3-20-19(22-9-5-8-21-18(28)15-6-4-7-15)25-10-11-26(17(27)14-25)16-12-23-24(2)13-16/h12-13,15H,3-11,14H2,1-2H3,(H,20,22)(H,21,28). The number of rotatable bonds is 7. The number of hydrogen-bond acceptors (Lipinski definition) is 4. The SMILES string of the molecule is CCNC(=NCCCNC(=O)C1CCC1)N1CCN(c2cnn(C)c2)C(=O)C1. The predicted molar refractivity (Wildman–Crippen MR) is 108 cm³/mol. The van der Waals surface area contributed by atoms with Crippen LogP contribution in [-0.2, 0) is 16.6 Å². The first-order valence-corrected chi connectivity index (χ1v) is 10.2. The van der Waals surface area contributed by atoms with Crippen LogP contribution in [0.1, 0.15) is 32.6 Å². The van der Waals surface area contributed by atoms with E-state index in [0.29, 0.717) is 32.7 Å². The van der Waals surface area contributed by atoms with Crippen LogP contribution < -0.4 is 15.5 Å². The van der Waals surface area contributed by atoms with Crippen molar-refractivity contribution in [2.75, 3.05) is 44.2 Å². The lowest BCUT2D eigenvalue weighted by atomic mass is 9.85. The zero-order chi connectivity index (χ0) is 19.9. The number of anilines is 1. The van der Waals surface area contributed by atoms with Crippen LogP contribution in [0, 0.1) is 5.92 Å². The highest BCUT2D eigenvalue weighted by Crippen LogP contribution is 2.26. The van der Waals surface area contributed by atoms with Crippen LogP contribution in [0.4, 0.5) is 5.69 Å². The van der Waals surface area contributed by atoms with E-state index in [1.54, 1.807) is 15.8 Å². The minimum atomic E-state index is 0.0395. The molecule has 0 radical (unpaired) electrons. The molecule has 1 saturated heterocycles. The number of piperazine rings is 1. The summed E-state index contributed by atoms with van der Waals surface area (Å²) in [5, 5.41) is 10.4. The molecule has 9 heteroatoms. The van der Waals surface area contributed by atoms with E-state index in [2.05, 4.69) is 20.7 Å². The minimum absolute atomic E-state index is 0.0395. The summed E-state index contributed by atoms with van der Waals surface area (Å²) in [4.78, 5) is 32.8. The van der Waals surface area contributed by atoms with Gasteiger partial charge in [-0.3, -0.25) is 19.3 Å². The maximum Gasteiger partial charge on any atom is 0.246 e. The van der Waals surface area contributed by atoms with E-state index in [-0.39, 0.29) is 17.7 Å². The summed E-state index contributed by atoms with van der Waals surface area (Å²) in [7, 11) is 1.84. The quantitative estimate of drug-likeness (QED) is 0.398. The van der Waals surface area contributed by atoms with Gasteiger partial charge in [-0.15, -0.1) is 0 Å². The third-order valence-corrected chi connectivity index (χ3v) is 5.23. The highest BCUT2D eigenvalue weighted by atomic mass is 16.2. The third-order valence-electron chi connectivity index (χ3n) is 5.23. The second-order valence-corrected chi connectivity index (χ2v) is 7.35. The van der Waals surface area contributed by atoms with Gasteiger partial charge in [0.05, 0.1) is 11.9 Å². The maximum atomic E-state index is 12.6. The van der Waals surface area contributed by atoms with Crippen molar-refractivity contribution in [1.82, 2.24) is 25.3 Å². The van der Waals surface area contributed by atoms with Gasteiger partial charge in [-0.25, -0.2) is 0 Å². The van der Waals surface area contributed by atoms with Crippen molar-refractivity contribution in [3.05, 3.63) is 12.4 Å². The molecular weight excluding hydrogens is 358 g/mol. The average molecular weight is 390 g/mol. The zero-order valence-corrected chi connectivity index (χ0v) is 16.9. The van der Waals surface area contributed by atoms with Gasteiger partial charge in [0, 0.05) is 51.9 Å². The monoisotopic (exact) mass is 389 g/mol. The number of carbonyl (C=O) groups excluding carboxylic acids is 2. The molecule has 154 valence electrons. The van der Waals surface area contributed by atoms with Gasteiger partial charge in [0.1, 0.15) is 6.54 Å². The van der Waals surface area contributed by atoms with Crippen LogP contribution in [0.5, 0.6) is 0 Å². The van der Waals surface area contributed by atoms with Gasteiger partial charge in [-0.1, -0.05) is 6.42 Å². The van der Waals surface area contributed by atoms with Crippen molar-refractivity contribution in [1.29, 1.82) is 0 Å². The molecule has 1 aromatic rings. The Morgan fingerprint density at radius 1 is 1.32 bits per heavy atom. The Labute approximate surface area is 166 Å². The number of aryl methyl sites for hydroxylation is 1. The lowest BCUT2D eigenvalue weighted by molar-refractivity contribution is -0.127. The fourth-order valence-corrected chi connectivity index (χ4v) is 3.39. The van der Waals surface area contributed by atoms with Crippen LogP contribution in [0.2, 0.25) is 0 Å². The Morgan fingerprint density at radius 2 is 2.14 bits per heavy atom. The molecular formula is C19H31N7O2. The molecule has 2 heterocycles. The number of nitrogens with zero attached hydrogens (tertiary/aromatic N) is 5. The fourth-order valence-electron chi connectivity index (χ4n) is 3.39. The van der Waals surface area contributed by atoms with E-state index in [1.807, 2.05) is 25.1 Å². The second kappa shape index (κ2) is 9.57. The molecule has 1 aliphatic carbocycles. The molecule has 1 saturated carbocycles. The summed E-state index contributed by atoms with van der Waals surface area (Å²) in [6.45, 7) is 5.63. The Hall–Kier alpha value is -2.58. The lowest BCUT2D eigenvalue weighted by Crippen LogP contribution is -2.55. The molecule has 1 aliphatic heterocycles. The first kappa shape index (κ1) is 20.2. The van der Waals surface area contributed by atoms with Crippen LogP contribution in [-0.4, -0.2) is 71.7 Å². The van der Waals surface area contributed by atoms with Crippen molar-refractivity contribution in [2.45, 2.75) is 32.6 Å². The summed E-state index contributed by atoms with van der Waals surface area (Å²) in [5.41, 5.74) is 0.830. The molecule has 28 heavy (non-hydrogen) atoms.